The number of pyridine rings is 1. The van der Waals surface area contributed by atoms with Gasteiger partial charge in [0.15, 0.2) is 0 Å². The summed E-state index contributed by atoms with van der Waals surface area (Å²) in [5.41, 5.74) is 9.45. The first-order valence-corrected chi connectivity index (χ1v) is 6.25. The van der Waals surface area contributed by atoms with Crippen LogP contribution < -0.4 is 11.1 Å². The molecule has 0 bridgehead atoms. The highest BCUT2D eigenvalue weighted by atomic mass is 16.1. The van der Waals surface area contributed by atoms with E-state index in [1.165, 1.54) is 0 Å². The zero-order valence-corrected chi connectivity index (χ0v) is 11.0. The number of carbonyl (C=O) groups excluding carboxylic acids is 1. The molecule has 0 unspecified atom stereocenters. The van der Waals surface area contributed by atoms with Crippen LogP contribution in [0.25, 0.3) is 5.52 Å². The molecule has 20 heavy (non-hydrogen) atoms. The fourth-order valence-electron chi connectivity index (χ4n) is 2.03. The average molecular weight is 266 g/mol. The number of nitrogens with zero attached hydrogens (tertiary/aromatic N) is 2. The minimum absolute atomic E-state index is 0.200. The van der Waals surface area contributed by atoms with E-state index in [0.717, 1.165) is 11.1 Å². The van der Waals surface area contributed by atoms with Gasteiger partial charge in [-0.05, 0) is 36.8 Å². The Morgan fingerprint density at radius 2 is 2.15 bits per heavy atom. The van der Waals surface area contributed by atoms with Crippen molar-refractivity contribution >= 4 is 22.8 Å². The van der Waals surface area contributed by atoms with Crippen LogP contribution >= 0.6 is 0 Å². The molecule has 0 saturated carbocycles. The van der Waals surface area contributed by atoms with Crippen LogP contribution in [0.1, 0.15) is 15.9 Å². The highest BCUT2D eigenvalue weighted by Crippen LogP contribution is 2.18. The molecular weight excluding hydrogens is 252 g/mol. The van der Waals surface area contributed by atoms with Crippen molar-refractivity contribution < 1.29 is 4.79 Å². The third kappa shape index (κ3) is 2.09. The zero-order chi connectivity index (χ0) is 14.1. The van der Waals surface area contributed by atoms with E-state index in [1.807, 2.05) is 37.3 Å². The average Bonchev–Trinajstić information content (AvgIpc) is 2.87. The summed E-state index contributed by atoms with van der Waals surface area (Å²) >= 11 is 0. The van der Waals surface area contributed by atoms with Crippen molar-refractivity contribution in [2.75, 3.05) is 11.1 Å². The SMILES string of the molecule is Cc1ccc(NC(=O)c2cnn3ccccc23)cc1N. The van der Waals surface area contributed by atoms with Gasteiger partial charge in [-0.3, -0.25) is 4.79 Å². The van der Waals surface area contributed by atoms with Crippen LogP contribution in [-0.4, -0.2) is 15.5 Å². The van der Waals surface area contributed by atoms with Crippen molar-refractivity contribution in [2.24, 2.45) is 0 Å². The maximum absolute atomic E-state index is 12.3. The lowest BCUT2D eigenvalue weighted by Gasteiger charge is -2.06. The van der Waals surface area contributed by atoms with Gasteiger partial charge in [0, 0.05) is 17.6 Å². The van der Waals surface area contributed by atoms with E-state index in [-0.39, 0.29) is 5.91 Å². The second-order valence-electron chi connectivity index (χ2n) is 4.61. The highest BCUT2D eigenvalue weighted by molar-refractivity contribution is 6.08. The van der Waals surface area contributed by atoms with E-state index < -0.39 is 0 Å². The topological polar surface area (TPSA) is 72.4 Å². The first-order valence-electron chi connectivity index (χ1n) is 6.25. The molecule has 0 radical (unpaired) electrons. The molecule has 0 aliphatic rings. The predicted octanol–water partition coefficient (Wildman–Crippen LogP) is 2.48. The molecule has 1 aromatic carbocycles. The number of nitrogen functional groups attached to an aromatic ring is 1. The fourth-order valence-corrected chi connectivity index (χ4v) is 2.03. The number of hydrogen-bond donors (Lipinski definition) is 2. The van der Waals surface area contributed by atoms with Gasteiger partial charge in [-0.15, -0.1) is 0 Å². The number of aromatic nitrogens is 2. The zero-order valence-electron chi connectivity index (χ0n) is 11.0. The Morgan fingerprint density at radius 3 is 2.95 bits per heavy atom. The van der Waals surface area contributed by atoms with Crippen LogP contribution in [0.15, 0.2) is 48.8 Å². The summed E-state index contributed by atoms with van der Waals surface area (Å²) in [6.45, 7) is 1.92. The van der Waals surface area contributed by atoms with Crippen molar-refractivity contribution in [3.05, 3.63) is 59.9 Å². The third-order valence-corrected chi connectivity index (χ3v) is 3.21. The summed E-state index contributed by atoms with van der Waals surface area (Å²) in [5.74, 6) is -0.200. The number of rotatable bonds is 2. The van der Waals surface area contributed by atoms with Crippen LogP contribution in [-0.2, 0) is 0 Å². The maximum Gasteiger partial charge on any atom is 0.259 e. The van der Waals surface area contributed by atoms with Gasteiger partial charge in [-0.2, -0.15) is 5.10 Å². The summed E-state index contributed by atoms with van der Waals surface area (Å²) in [6.07, 6.45) is 3.36. The predicted molar refractivity (Wildman–Crippen MR) is 78.7 cm³/mol. The number of hydrogen-bond acceptors (Lipinski definition) is 3. The Balaban J connectivity index is 1.91. The number of carbonyl (C=O) groups is 1. The largest absolute Gasteiger partial charge is 0.398 e. The minimum atomic E-state index is -0.200. The van der Waals surface area contributed by atoms with Gasteiger partial charge in [0.2, 0.25) is 0 Å². The van der Waals surface area contributed by atoms with Crippen LogP contribution in [0, 0.1) is 6.92 Å². The van der Waals surface area contributed by atoms with Gasteiger partial charge < -0.3 is 11.1 Å². The van der Waals surface area contributed by atoms with Crippen LogP contribution in [0.4, 0.5) is 11.4 Å². The fraction of sp³-hybridized carbons (Fsp3) is 0.0667. The summed E-state index contributed by atoms with van der Waals surface area (Å²) in [5, 5.41) is 6.98. The minimum Gasteiger partial charge on any atom is -0.398 e. The van der Waals surface area contributed by atoms with E-state index in [0.29, 0.717) is 16.9 Å². The van der Waals surface area contributed by atoms with E-state index in [9.17, 15) is 4.79 Å². The number of benzene rings is 1. The molecule has 0 aliphatic heterocycles. The summed E-state index contributed by atoms with van der Waals surface area (Å²) in [4.78, 5) is 12.3. The van der Waals surface area contributed by atoms with Crippen molar-refractivity contribution in [3.63, 3.8) is 0 Å². The van der Waals surface area contributed by atoms with Crippen LogP contribution in [0.2, 0.25) is 0 Å². The standard InChI is InChI=1S/C15H14N4O/c1-10-5-6-11(8-13(10)16)18-15(20)12-9-17-19-7-3-2-4-14(12)19/h2-9H,16H2,1H3,(H,18,20). The molecule has 3 rings (SSSR count). The molecule has 5 heteroatoms. The molecule has 2 aromatic heterocycles. The normalized spacial score (nSPS) is 10.7. The molecule has 5 nitrogen and oxygen atoms in total. The molecule has 0 spiro atoms. The van der Waals surface area contributed by atoms with Crippen LogP contribution in [0.3, 0.4) is 0 Å². The lowest BCUT2D eigenvalue weighted by atomic mass is 10.2. The van der Waals surface area contributed by atoms with E-state index in [2.05, 4.69) is 10.4 Å². The monoisotopic (exact) mass is 266 g/mol. The van der Waals surface area contributed by atoms with Crippen molar-refractivity contribution in [3.8, 4) is 0 Å². The van der Waals surface area contributed by atoms with Crippen molar-refractivity contribution in [2.45, 2.75) is 6.92 Å². The molecule has 0 saturated heterocycles. The van der Waals surface area contributed by atoms with Gasteiger partial charge >= 0.3 is 0 Å². The van der Waals surface area contributed by atoms with Gasteiger partial charge in [0.1, 0.15) is 0 Å². The number of amides is 1. The van der Waals surface area contributed by atoms with Gasteiger partial charge in [0.25, 0.3) is 5.91 Å². The lowest BCUT2D eigenvalue weighted by molar-refractivity contribution is 0.102. The first-order chi connectivity index (χ1) is 9.65. The Hall–Kier alpha value is -2.82. The molecule has 100 valence electrons. The second kappa shape index (κ2) is 4.70. The first kappa shape index (κ1) is 12.2. The lowest BCUT2D eigenvalue weighted by Crippen LogP contribution is -2.11. The van der Waals surface area contributed by atoms with Gasteiger partial charge in [-0.1, -0.05) is 12.1 Å². The Bertz CT molecular complexity index is 791. The summed E-state index contributed by atoms with van der Waals surface area (Å²) < 4.78 is 1.67. The van der Waals surface area contributed by atoms with Gasteiger partial charge in [0.05, 0.1) is 17.3 Å². The van der Waals surface area contributed by atoms with E-state index in [4.69, 9.17) is 5.73 Å². The summed E-state index contributed by atoms with van der Waals surface area (Å²) in [7, 11) is 0. The van der Waals surface area contributed by atoms with E-state index in [1.54, 1.807) is 23.0 Å². The third-order valence-electron chi connectivity index (χ3n) is 3.21. The number of anilines is 2. The van der Waals surface area contributed by atoms with Crippen LogP contribution in [0.5, 0.6) is 0 Å². The Morgan fingerprint density at radius 1 is 1.30 bits per heavy atom. The quantitative estimate of drug-likeness (QED) is 0.700. The molecule has 3 aromatic rings. The molecular formula is C15H14N4O. The molecule has 0 aliphatic carbocycles. The van der Waals surface area contributed by atoms with E-state index >= 15 is 0 Å². The smallest absolute Gasteiger partial charge is 0.259 e. The second-order valence-corrected chi connectivity index (χ2v) is 4.61. The molecule has 1 amide bonds. The highest BCUT2D eigenvalue weighted by Gasteiger charge is 2.12. The Labute approximate surface area is 116 Å². The molecule has 0 fully saturated rings. The maximum atomic E-state index is 12.3. The van der Waals surface area contributed by atoms with Gasteiger partial charge in [-0.25, -0.2) is 4.52 Å². The Kier molecular flexibility index (Phi) is 2.87. The molecule has 0 atom stereocenters. The number of nitrogens with one attached hydrogen (secondary N) is 1. The van der Waals surface area contributed by atoms with Crippen molar-refractivity contribution in [1.29, 1.82) is 0 Å². The number of aryl methyl sites for hydroxylation is 1. The summed E-state index contributed by atoms with van der Waals surface area (Å²) in [6, 6.07) is 11.0. The number of fused-ring (bicyclic) bond motifs is 1. The molecule has 2 heterocycles. The van der Waals surface area contributed by atoms with Crippen molar-refractivity contribution in [1.82, 2.24) is 9.61 Å². The number of nitrogens with two attached hydrogens (primary N) is 1. The molecule has 3 N–H and O–H groups in total.